The van der Waals surface area contributed by atoms with Crippen LogP contribution in [0.1, 0.15) is 25.8 Å². The number of halogens is 1. The van der Waals surface area contributed by atoms with Gasteiger partial charge >= 0.3 is 0 Å². The van der Waals surface area contributed by atoms with Crippen LogP contribution in [0.4, 0.5) is 0 Å². The van der Waals surface area contributed by atoms with Crippen molar-refractivity contribution in [3.63, 3.8) is 0 Å². The summed E-state index contributed by atoms with van der Waals surface area (Å²) in [6.07, 6.45) is 0.715. The molecule has 0 atom stereocenters. The molecule has 3 N–H and O–H groups in total. The topological polar surface area (TPSA) is 52.5 Å². The van der Waals surface area contributed by atoms with E-state index in [1.807, 2.05) is 12.1 Å². The summed E-state index contributed by atoms with van der Waals surface area (Å²) in [6.45, 7) is 5.00. The molecule has 1 aromatic rings. The van der Waals surface area contributed by atoms with Crippen molar-refractivity contribution < 1.29 is 10.2 Å². The number of phenolic OH excluding ortho intramolecular Hbond substituents is 1. The highest BCUT2D eigenvalue weighted by molar-refractivity contribution is 9.10. The summed E-state index contributed by atoms with van der Waals surface area (Å²) >= 11 is 3.28. The zero-order chi connectivity index (χ0) is 12.2. The van der Waals surface area contributed by atoms with Crippen LogP contribution in [-0.2, 0) is 6.54 Å². The molecular formula is C12H18BrNO2. The molecule has 0 saturated carbocycles. The molecule has 0 spiro atoms. The summed E-state index contributed by atoms with van der Waals surface area (Å²) in [5, 5.41) is 21.6. The molecule has 0 saturated heterocycles. The van der Waals surface area contributed by atoms with Gasteiger partial charge in [0.2, 0.25) is 0 Å². The molecular weight excluding hydrogens is 270 g/mol. The lowest BCUT2D eigenvalue weighted by Crippen LogP contribution is -2.39. The molecule has 1 rings (SSSR count). The molecule has 0 aliphatic heterocycles. The molecule has 4 heteroatoms. The fraction of sp³-hybridized carbons (Fsp3) is 0.500. The van der Waals surface area contributed by atoms with Crippen LogP contribution in [0.15, 0.2) is 22.7 Å². The molecule has 1 aromatic carbocycles. The summed E-state index contributed by atoms with van der Waals surface area (Å²) in [5.41, 5.74) is 1.01. The van der Waals surface area contributed by atoms with Crippen LogP contribution >= 0.6 is 15.9 Å². The van der Waals surface area contributed by atoms with Crippen molar-refractivity contribution in [1.82, 2.24) is 5.32 Å². The van der Waals surface area contributed by atoms with Gasteiger partial charge in [0.05, 0.1) is 4.47 Å². The van der Waals surface area contributed by atoms with E-state index in [-0.39, 0.29) is 17.9 Å². The monoisotopic (exact) mass is 287 g/mol. The molecule has 0 aliphatic carbocycles. The number of rotatable bonds is 5. The highest BCUT2D eigenvalue weighted by atomic mass is 79.9. The van der Waals surface area contributed by atoms with Gasteiger partial charge in [-0.2, -0.15) is 0 Å². The number of aliphatic hydroxyl groups is 1. The number of nitrogens with one attached hydrogen (secondary N) is 1. The Hall–Kier alpha value is -0.580. The first-order valence-electron chi connectivity index (χ1n) is 5.28. The number of aliphatic hydroxyl groups excluding tert-OH is 1. The highest BCUT2D eigenvalue weighted by Crippen LogP contribution is 2.24. The van der Waals surface area contributed by atoms with E-state index < -0.39 is 0 Å². The number of hydrogen-bond acceptors (Lipinski definition) is 3. The van der Waals surface area contributed by atoms with Gasteiger partial charge in [0.25, 0.3) is 0 Å². The Bertz CT molecular complexity index is 353. The second-order valence-corrected chi connectivity index (χ2v) is 5.35. The molecule has 0 aromatic heterocycles. The summed E-state index contributed by atoms with van der Waals surface area (Å²) in [5.74, 6) is 0.248. The van der Waals surface area contributed by atoms with Crippen LogP contribution in [0.2, 0.25) is 0 Å². The van der Waals surface area contributed by atoms with E-state index in [9.17, 15) is 5.11 Å². The zero-order valence-electron chi connectivity index (χ0n) is 9.63. The van der Waals surface area contributed by atoms with Crippen LogP contribution in [0, 0.1) is 0 Å². The lowest BCUT2D eigenvalue weighted by molar-refractivity contribution is 0.230. The van der Waals surface area contributed by atoms with Gasteiger partial charge in [-0.05, 0) is 53.9 Å². The van der Waals surface area contributed by atoms with Crippen molar-refractivity contribution in [1.29, 1.82) is 0 Å². The summed E-state index contributed by atoms with van der Waals surface area (Å²) in [4.78, 5) is 0. The van der Waals surface area contributed by atoms with Crippen molar-refractivity contribution in [3.8, 4) is 5.75 Å². The predicted octanol–water partition coefficient (Wildman–Crippen LogP) is 2.41. The van der Waals surface area contributed by atoms with E-state index in [0.717, 1.165) is 5.56 Å². The molecule has 0 aliphatic rings. The molecule has 0 fully saturated rings. The smallest absolute Gasteiger partial charge is 0.129 e. The first-order chi connectivity index (χ1) is 7.44. The minimum absolute atomic E-state index is 0.0842. The van der Waals surface area contributed by atoms with Gasteiger partial charge in [-0.3, -0.25) is 0 Å². The normalized spacial score (nSPS) is 11.8. The maximum absolute atomic E-state index is 9.36. The Balaban J connectivity index is 2.57. The van der Waals surface area contributed by atoms with Crippen LogP contribution in [0.5, 0.6) is 5.75 Å². The second kappa shape index (κ2) is 5.66. The van der Waals surface area contributed by atoms with E-state index in [2.05, 4.69) is 35.1 Å². The average molecular weight is 288 g/mol. The number of aromatic hydroxyl groups is 1. The Morgan fingerprint density at radius 3 is 2.62 bits per heavy atom. The summed E-state index contributed by atoms with van der Waals surface area (Å²) in [6, 6.07) is 5.43. The third-order valence-corrected chi connectivity index (χ3v) is 3.16. The van der Waals surface area contributed by atoms with Gasteiger partial charge in [-0.1, -0.05) is 6.07 Å². The van der Waals surface area contributed by atoms with Gasteiger partial charge in [0.15, 0.2) is 0 Å². The molecule has 90 valence electrons. The molecule has 0 heterocycles. The van der Waals surface area contributed by atoms with Crippen LogP contribution in [0.3, 0.4) is 0 Å². The lowest BCUT2D eigenvalue weighted by atomic mass is 10.0. The quantitative estimate of drug-likeness (QED) is 0.780. The Kier molecular flexibility index (Phi) is 4.77. The van der Waals surface area contributed by atoms with E-state index in [0.29, 0.717) is 17.4 Å². The van der Waals surface area contributed by atoms with Gasteiger partial charge < -0.3 is 15.5 Å². The SMILES string of the molecule is CC(C)(CCO)NCc1ccc(O)c(Br)c1. The maximum atomic E-state index is 9.36. The standard InChI is InChI=1S/C12H18BrNO2/c1-12(2,5-6-15)14-8-9-3-4-11(16)10(13)7-9/h3-4,7,14-16H,5-6,8H2,1-2H3. The van der Waals surface area contributed by atoms with Crippen molar-refractivity contribution in [2.75, 3.05) is 6.61 Å². The summed E-state index contributed by atoms with van der Waals surface area (Å²) < 4.78 is 0.701. The van der Waals surface area contributed by atoms with E-state index in [1.165, 1.54) is 0 Å². The van der Waals surface area contributed by atoms with Gasteiger partial charge in [-0.25, -0.2) is 0 Å². The first kappa shape index (κ1) is 13.5. The second-order valence-electron chi connectivity index (χ2n) is 4.50. The first-order valence-corrected chi connectivity index (χ1v) is 6.07. The fourth-order valence-electron chi connectivity index (χ4n) is 1.37. The average Bonchev–Trinajstić information content (AvgIpc) is 2.20. The van der Waals surface area contributed by atoms with E-state index in [4.69, 9.17) is 5.11 Å². The Morgan fingerprint density at radius 2 is 2.06 bits per heavy atom. The fourth-order valence-corrected chi connectivity index (χ4v) is 1.80. The highest BCUT2D eigenvalue weighted by Gasteiger charge is 2.15. The van der Waals surface area contributed by atoms with Gasteiger partial charge in [-0.15, -0.1) is 0 Å². The predicted molar refractivity (Wildman–Crippen MR) is 68.4 cm³/mol. The van der Waals surface area contributed by atoms with Crippen molar-refractivity contribution in [2.24, 2.45) is 0 Å². The molecule has 0 bridgehead atoms. The third kappa shape index (κ3) is 4.12. The minimum atomic E-state index is -0.0842. The molecule has 0 amide bonds. The third-order valence-electron chi connectivity index (χ3n) is 2.52. The molecule has 0 unspecified atom stereocenters. The lowest BCUT2D eigenvalue weighted by Gasteiger charge is -2.25. The van der Waals surface area contributed by atoms with Crippen molar-refractivity contribution >= 4 is 15.9 Å². The van der Waals surface area contributed by atoms with Crippen molar-refractivity contribution in [3.05, 3.63) is 28.2 Å². The minimum Gasteiger partial charge on any atom is -0.507 e. The van der Waals surface area contributed by atoms with Gasteiger partial charge in [0.1, 0.15) is 5.75 Å². The van der Waals surface area contributed by atoms with Crippen LogP contribution in [0.25, 0.3) is 0 Å². The number of phenols is 1. The summed E-state index contributed by atoms with van der Waals surface area (Å²) in [7, 11) is 0. The largest absolute Gasteiger partial charge is 0.507 e. The Labute approximate surface area is 105 Å². The molecule has 16 heavy (non-hydrogen) atoms. The van der Waals surface area contributed by atoms with Crippen LogP contribution < -0.4 is 5.32 Å². The van der Waals surface area contributed by atoms with Crippen molar-refractivity contribution in [2.45, 2.75) is 32.4 Å². The van der Waals surface area contributed by atoms with E-state index in [1.54, 1.807) is 6.07 Å². The molecule has 0 radical (unpaired) electrons. The van der Waals surface area contributed by atoms with Crippen LogP contribution in [-0.4, -0.2) is 22.4 Å². The zero-order valence-corrected chi connectivity index (χ0v) is 11.2. The number of hydrogen-bond donors (Lipinski definition) is 3. The Morgan fingerprint density at radius 1 is 1.38 bits per heavy atom. The molecule has 3 nitrogen and oxygen atoms in total. The van der Waals surface area contributed by atoms with E-state index >= 15 is 0 Å². The number of benzene rings is 1. The van der Waals surface area contributed by atoms with Gasteiger partial charge in [0, 0.05) is 18.7 Å². The maximum Gasteiger partial charge on any atom is 0.129 e.